The molecule has 0 nitrogen and oxygen atoms in total. The molecule has 0 spiro atoms. The van der Waals surface area contributed by atoms with Crippen LogP contribution in [0.2, 0.25) is 19.6 Å². The largest absolute Gasteiger partial charge is 0.0804 e. The zero-order valence-corrected chi connectivity index (χ0v) is 13.3. The quantitative estimate of drug-likeness (QED) is 0.503. The van der Waals surface area contributed by atoms with E-state index >= 15 is 0 Å². The molecule has 0 N–H and O–H groups in total. The molecule has 0 saturated heterocycles. The first-order chi connectivity index (χ1) is 9.07. The van der Waals surface area contributed by atoms with Gasteiger partial charge in [-0.15, -0.1) is 0 Å². The van der Waals surface area contributed by atoms with Crippen molar-refractivity contribution < 1.29 is 0 Å². The van der Waals surface area contributed by atoms with Crippen LogP contribution in [-0.4, -0.2) is 8.07 Å². The fraction of sp³-hybridized carbons (Fsp3) is 0.444. The lowest BCUT2D eigenvalue weighted by atomic mass is 9.86. The fourth-order valence-corrected chi connectivity index (χ4v) is 6.32. The maximum absolute atomic E-state index is 2.51. The number of fused-ring (bicyclic) bond motifs is 1. The average molecular weight is 268 g/mol. The molecule has 0 radical (unpaired) electrons. The van der Waals surface area contributed by atoms with Gasteiger partial charge in [-0.1, -0.05) is 72.9 Å². The first kappa shape index (κ1) is 12.9. The van der Waals surface area contributed by atoms with Gasteiger partial charge < -0.3 is 0 Å². The standard InChI is InChI=1S/C18H24Si/c1-19(2,3)18-16-11-7-10-15(16)12-13-17(18)14-8-5-4-6-9-14/h4-6,8-9,12-13,15,17H,7,10-11H2,1-3H3/t15-,17-/m1/s1. The summed E-state index contributed by atoms with van der Waals surface area (Å²) in [5.41, 5.74) is 3.28. The Balaban J connectivity index is 2.10. The Morgan fingerprint density at radius 1 is 1.00 bits per heavy atom. The zero-order valence-electron chi connectivity index (χ0n) is 12.3. The molecule has 19 heavy (non-hydrogen) atoms. The minimum atomic E-state index is -1.26. The van der Waals surface area contributed by atoms with Crippen molar-refractivity contribution in [2.75, 3.05) is 0 Å². The summed E-state index contributed by atoms with van der Waals surface area (Å²) >= 11 is 0. The summed E-state index contributed by atoms with van der Waals surface area (Å²) in [6, 6.07) is 11.1. The number of hydrogen-bond donors (Lipinski definition) is 0. The molecule has 0 bridgehead atoms. The van der Waals surface area contributed by atoms with Gasteiger partial charge in [-0.25, -0.2) is 0 Å². The van der Waals surface area contributed by atoms with E-state index in [-0.39, 0.29) is 0 Å². The van der Waals surface area contributed by atoms with E-state index in [1.165, 1.54) is 24.8 Å². The van der Waals surface area contributed by atoms with Crippen LogP contribution in [0.25, 0.3) is 0 Å². The smallest absolute Gasteiger partial charge is 0.0736 e. The van der Waals surface area contributed by atoms with Gasteiger partial charge in [-0.3, -0.25) is 0 Å². The molecule has 1 fully saturated rings. The van der Waals surface area contributed by atoms with Gasteiger partial charge in [0.25, 0.3) is 0 Å². The average Bonchev–Trinajstić information content (AvgIpc) is 2.85. The number of allylic oxidation sites excluding steroid dienone is 4. The van der Waals surface area contributed by atoms with Crippen LogP contribution in [-0.2, 0) is 0 Å². The van der Waals surface area contributed by atoms with Crippen LogP contribution >= 0.6 is 0 Å². The van der Waals surface area contributed by atoms with Crippen LogP contribution in [0.4, 0.5) is 0 Å². The van der Waals surface area contributed by atoms with Crippen molar-refractivity contribution in [1.82, 2.24) is 0 Å². The first-order valence-corrected chi connectivity index (χ1v) is 11.0. The molecule has 2 aliphatic carbocycles. The van der Waals surface area contributed by atoms with Crippen LogP contribution < -0.4 is 0 Å². The highest BCUT2D eigenvalue weighted by Gasteiger charge is 2.35. The van der Waals surface area contributed by atoms with E-state index in [1.807, 2.05) is 5.20 Å². The van der Waals surface area contributed by atoms with Crippen molar-refractivity contribution in [3.8, 4) is 0 Å². The van der Waals surface area contributed by atoms with E-state index in [4.69, 9.17) is 0 Å². The predicted molar refractivity (Wildman–Crippen MR) is 86.0 cm³/mol. The topological polar surface area (TPSA) is 0 Å². The summed E-state index contributed by atoms with van der Waals surface area (Å²) in [7, 11) is -1.26. The van der Waals surface area contributed by atoms with E-state index in [2.05, 4.69) is 62.1 Å². The molecule has 0 heterocycles. The van der Waals surface area contributed by atoms with Crippen molar-refractivity contribution in [3.63, 3.8) is 0 Å². The molecule has 100 valence electrons. The van der Waals surface area contributed by atoms with Gasteiger partial charge in [0.15, 0.2) is 0 Å². The highest BCUT2D eigenvalue weighted by atomic mass is 28.3. The van der Waals surface area contributed by atoms with Crippen LogP contribution in [0.1, 0.15) is 30.7 Å². The summed E-state index contributed by atoms with van der Waals surface area (Å²) in [4.78, 5) is 0. The molecular formula is C18H24Si. The van der Waals surface area contributed by atoms with Crippen molar-refractivity contribution in [1.29, 1.82) is 0 Å². The van der Waals surface area contributed by atoms with E-state index in [1.54, 1.807) is 5.57 Å². The van der Waals surface area contributed by atoms with Gasteiger partial charge in [0.2, 0.25) is 0 Å². The lowest BCUT2D eigenvalue weighted by molar-refractivity contribution is 0.741. The van der Waals surface area contributed by atoms with Crippen LogP contribution in [0.15, 0.2) is 53.3 Å². The molecule has 0 unspecified atom stereocenters. The van der Waals surface area contributed by atoms with Crippen LogP contribution in [0, 0.1) is 5.92 Å². The van der Waals surface area contributed by atoms with Crippen molar-refractivity contribution in [2.45, 2.75) is 44.8 Å². The van der Waals surface area contributed by atoms with Gasteiger partial charge in [0.1, 0.15) is 0 Å². The Kier molecular flexibility index (Phi) is 3.26. The third-order valence-corrected chi connectivity index (χ3v) is 6.82. The van der Waals surface area contributed by atoms with Crippen LogP contribution in [0.5, 0.6) is 0 Å². The van der Waals surface area contributed by atoms with Gasteiger partial charge >= 0.3 is 0 Å². The lowest BCUT2D eigenvalue weighted by Gasteiger charge is -2.34. The minimum absolute atomic E-state index is 0.553. The van der Waals surface area contributed by atoms with Crippen molar-refractivity contribution in [2.24, 2.45) is 5.92 Å². The van der Waals surface area contributed by atoms with Gasteiger partial charge in [-0.2, -0.15) is 0 Å². The molecule has 0 aliphatic heterocycles. The fourth-order valence-electron chi connectivity index (χ4n) is 3.85. The Morgan fingerprint density at radius 2 is 1.74 bits per heavy atom. The Labute approximate surface area is 118 Å². The highest BCUT2D eigenvalue weighted by Crippen LogP contribution is 2.46. The molecule has 2 aliphatic rings. The summed E-state index contributed by atoms with van der Waals surface area (Å²) in [6.07, 6.45) is 9.09. The molecule has 3 rings (SSSR count). The summed E-state index contributed by atoms with van der Waals surface area (Å²) in [5, 5.41) is 1.82. The maximum atomic E-state index is 2.51. The number of rotatable bonds is 2. The molecular weight excluding hydrogens is 244 g/mol. The second-order valence-corrected chi connectivity index (χ2v) is 12.0. The normalized spacial score (nSPS) is 26.7. The molecule has 1 saturated carbocycles. The zero-order chi connectivity index (χ0) is 13.5. The van der Waals surface area contributed by atoms with Crippen molar-refractivity contribution >= 4 is 8.07 Å². The predicted octanol–water partition coefficient (Wildman–Crippen LogP) is 5.31. The summed E-state index contributed by atoms with van der Waals surface area (Å²) in [5.74, 6) is 1.32. The summed E-state index contributed by atoms with van der Waals surface area (Å²) in [6.45, 7) is 7.54. The highest BCUT2D eigenvalue weighted by molar-refractivity contribution is 6.83. The molecule has 0 amide bonds. The molecule has 2 atom stereocenters. The Bertz CT molecular complexity index is 516. The molecule has 0 aromatic heterocycles. The number of benzene rings is 1. The second-order valence-electron chi connectivity index (χ2n) is 6.96. The summed E-state index contributed by atoms with van der Waals surface area (Å²) < 4.78 is 0. The molecule has 1 heteroatoms. The van der Waals surface area contributed by atoms with Gasteiger partial charge in [0, 0.05) is 5.92 Å². The SMILES string of the molecule is C[Si](C)(C)C1=C2CCC[C@@H]2C=C[C@@H]1c1ccccc1. The minimum Gasteiger partial charge on any atom is -0.0804 e. The number of hydrogen-bond acceptors (Lipinski definition) is 0. The second kappa shape index (κ2) is 4.79. The van der Waals surface area contributed by atoms with E-state index in [0.717, 1.165) is 5.92 Å². The molecule has 1 aromatic carbocycles. The van der Waals surface area contributed by atoms with E-state index in [9.17, 15) is 0 Å². The first-order valence-electron chi connectivity index (χ1n) is 7.54. The third kappa shape index (κ3) is 2.36. The van der Waals surface area contributed by atoms with E-state index < -0.39 is 8.07 Å². The third-order valence-electron chi connectivity index (χ3n) is 4.57. The monoisotopic (exact) mass is 268 g/mol. The molecule has 1 aromatic rings. The van der Waals surface area contributed by atoms with Crippen molar-refractivity contribution in [3.05, 3.63) is 58.8 Å². The Hall–Kier alpha value is -1.08. The van der Waals surface area contributed by atoms with Gasteiger partial charge in [-0.05, 0) is 30.7 Å². The van der Waals surface area contributed by atoms with E-state index in [0.29, 0.717) is 5.92 Å². The van der Waals surface area contributed by atoms with Crippen LogP contribution in [0.3, 0.4) is 0 Å². The van der Waals surface area contributed by atoms with Gasteiger partial charge in [0.05, 0.1) is 8.07 Å². The lowest BCUT2D eigenvalue weighted by Crippen LogP contribution is -2.31. The Morgan fingerprint density at radius 3 is 2.42 bits per heavy atom. The maximum Gasteiger partial charge on any atom is 0.0736 e.